The maximum absolute atomic E-state index is 12.8. The number of aliphatic hydroxyl groups excluding tert-OH is 1. The largest absolute Gasteiger partial charge is 0.396 e. The third-order valence-electron chi connectivity index (χ3n) is 7.30. The summed E-state index contributed by atoms with van der Waals surface area (Å²) >= 11 is 6.62. The lowest BCUT2D eigenvalue weighted by atomic mass is 9.83. The zero-order valence-electron chi connectivity index (χ0n) is 18.8. The molecular weight excluding hydrogens is 422 g/mol. The molecule has 32 heavy (non-hydrogen) atoms. The Morgan fingerprint density at radius 3 is 2.69 bits per heavy atom. The number of hydrogen-bond donors (Lipinski definition) is 1. The summed E-state index contributed by atoms with van der Waals surface area (Å²) in [6.07, 6.45) is 4.22. The van der Waals surface area contributed by atoms with E-state index in [4.69, 9.17) is 16.7 Å². The predicted octanol–water partition coefficient (Wildman–Crippen LogP) is 4.63. The third-order valence-corrected chi connectivity index (χ3v) is 7.60. The second-order valence-electron chi connectivity index (χ2n) is 9.66. The molecule has 3 heterocycles. The van der Waals surface area contributed by atoms with Crippen LogP contribution < -0.4 is 5.56 Å². The number of nitrogens with zero attached hydrogens (tertiary/aromatic N) is 3. The van der Waals surface area contributed by atoms with Crippen LogP contribution in [-0.2, 0) is 5.41 Å². The number of para-hydroxylation sites is 1. The molecule has 6 heteroatoms. The first-order chi connectivity index (χ1) is 15.4. The lowest BCUT2D eigenvalue weighted by Crippen LogP contribution is -2.33. The van der Waals surface area contributed by atoms with E-state index in [2.05, 4.69) is 46.5 Å². The van der Waals surface area contributed by atoms with Gasteiger partial charge in [-0.2, -0.15) is 4.98 Å². The summed E-state index contributed by atoms with van der Waals surface area (Å²) < 4.78 is 2.11. The van der Waals surface area contributed by atoms with Gasteiger partial charge in [0.2, 0.25) is 0 Å². The molecule has 2 aromatic carbocycles. The Morgan fingerprint density at radius 1 is 1.16 bits per heavy atom. The second kappa shape index (κ2) is 8.29. The van der Waals surface area contributed by atoms with Gasteiger partial charge in [0.1, 0.15) is 5.82 Å². The zero-order chi connectivity index (χ0) is 22.5. The van der Waals surface area contributed by atoms with Crippen LogP contribution in [0.4, 0.5) is 0 Å². The van der Waals surface area contributed by atoms with Gasteiger partial charge in [-0.15, -0.1) is 0 Å². The van der Waals surface area contributed by atoms with Crippen LogP contribution in [0.25, 0.3) is 16.6 Å². The van der Waals surface area contributed by atoms with E-state index in [-0.39, 0.29) is 17.6 Å². The molecule has 1 N–H and O–H groups in total. The van der Waals surface area contributed by atoms with Crippen molar-refractivity contribution >= 4 is 22.5 Å². The van der Waals surface area contributed by atoms with E-state index in [9.17, 15) is 4.79 Å². The van der Waals surface area contributed by atoms with Gasteiger partial charge in [0.15, 0.2) is 0 Å². The first-order valence-electron chi connectivity index (χ1n) is 11.6. The summed E-state index contributed by atoms with van der Waals surface area (Å²) in [6, 6.07) is 12.3. The molecular formula is C26H30ClN3O2. The van der Waals surface area contributed by atoms with Gasteiger partial charge in [-0.1, -0.05) is 29.8 Å². The highest BCUT2D eigenvalue weighted by Crippen LogP contribution is 2.45. The van der Waals surface area contributed by atoms with Crippen LogP contribution in [0.2, 0.25) is 5.02 Å². The van der Waals surface area contributed by atoms with Crippen molar-refractivity contribution in [3.63, 3.8) is 0 Å². The summed E-state index contributed by atoms with van der Waals surface area (Å²) in [5.41, 5.74) is 3.80. The normalized spacial score (nSPS) is 18.1. The van der Waals surface area contributed by atoms with Crippen molar-refractivity contribution in [2.45, 2.75) is 50.9 Å². The quantitative estimate of drug-likeness (QED) is 0.574. The van der Waals surface area contributed by atoms with Gasteiger partial charge in [-0.25, -0.2) is 0 Å². The minimum Gasteiger partial charge on any atom is -0.396 e. The second-order valence-corrected chi connectivity index (χ2v) is 10.1. The van der Waals surface area contributed by atoms with Crippen LogP contribution >= 0.6 is 11.6 Å². The fourth-order valence-electron chi connectivity index (χ4n) is 5.45. The van der Waals surface area contributed by atoms with E-state index in [1.807, 2.05) is 18.2 Å². The SMILES string of the molecule is CC1(C)c2ccc(C3CCN(CCCCO)CC3)cc2-n2c1nc(=O)c1cccc(Cl)c12. The number of aliphatic hydroxyl groups is 1. The fourth-order valence-corrected chi connectivity index (χ4v) is 5.71. The van der Waals surface area contributed by atoms with E-state index < -0.39 is 0 Å². The Bertz CT molecular complexity index is 1230. The Balaban J connectivity index is 1.53. The molecule has 0 atom stereocenters. The number of unbranched alkanes of at least 4 members (excludes halogenated alkanes) is 1. The molecule has 1 fully saturated rings. The predicted molar refractivity (Wildman–Crippen MR) is 129 cm³/mol. The lowest BCUT2D eigenvalue weighted by molar-refractivity contribution is 0.199. The van der Waals surface area contributed by atoms with E-state index in [1.54, 1.807) is 0 Å². The first-order valence-corrected chi connectivity index (χ1v) is 12.0. The van der Waals surface area contributed by atoms with Crippen LogP contribution in [-0.4, -0.2) is 45.8 Å². The molecule has 1 aromatic heterocycles. The van der Waals surface area contributed by atoms with E-state index in [0.29, 0.717) is 16.3 Å². The standard InChI is InChI=1S/C26H30ClN3O2/c1-26(2)20-9-8-18(17-10-13-29(14-11-17)12-3-4-15-31)16-22(20)30-23-19(6-5-7-21(23)27)24(32)28-25(26)30/h5-9,16-17,31H,3-4,10-15H2,1-2H3. The molecule has 2 aliphatic heterocycles. The number of benzene rings is 2. The number of likely N-dealkylation sites (tertiary alicyclic amines) is 1. The molecule has 3 aromatic rings. The van der Waals surface area contributed by atoms with Crippen molar-refractivity contribution in [3.8, 4) is 5.69 Å². The van der Waals surface area contributed by atoms with Gasteiger partial charge in [-0.3, -0.25) is 9.36 Å². The number of fused-ring (bicyclic) bond motifs is 5. The highest BCUT2D eigenvalue weighted by molar-refractivity contribution is 6.35. The number of aromatic nitrogens is 2. The van der Waals surface area contributed by atoms with Crippen molar-refractivity contribution in [2.24, 2.45) is 0 Å². The monoisotopic (exact) mass is 451 g/mol. The average Bonchev–Trinajstić information content (AvgIpc) is 3.01. The minimum atomic E-state index is -0.365. The van der Waals surface area contributed by atoms with Crippen LogP contribution in [0.15, 0.2) is 41.2 Å². The minimum absolute atomic E-state index is 0.219. The van der Waals surface area contributed by atoms with Crippen molar-refractivity contribution < 1.29 is 5.11 Å². The van der Waals surface area contributed by atoms with Crippen molar-refractivity contribution in [1.29, 1.82) is 0 Å². The van der Waals surface area contributed by atoms with Gasteiger partial charge < -0.3 is 10.0 Å². The molecule has 5 nitrogen and oxygen atoms in total. The summed E-state index contributed by atoms with van der Waals surface area (Å²) in [7, 11) is 0. The van der Waals surface area contributed by atoms with E-state index >= 15 is 0 Å². The number of rotatable bonds is 5. The maximum Gasteiger partial charge on any atom is 0.280 e. The van der Waals surface area contributed by atoms with Gasteiger partial charge >= 0.3 is 0 Å². The topological polar surface area (TPSA) is 58.4 Å². The highest BCUT2D eigenvalue weighted by Gasteiger charge is 2.39. The highest BCUT2D eigenvalue weighted by atomic mass is 35.5. The van der Waals surface area contributed by atoms with Gasteiger partial charge in [-0.05, 0) is 94.4 Å². The maximum atomic E-state index is 12.8. The Kier molecular flexibility index (Phi) is 5.60. The average molecular weight is 452 g/mol. The molecule has 0 aliphatic carbocycles. The molecule has 5 rings (SSSR count). The Morgan fingerprint density at radius 2 is 1.94 bits per heavy atom. The lowest BCUT2D eigenvalue weighted by Gasteiger charge is -2.32. The number of hydrogen-bond acceptors (Lipinski definition) is 4. The van der Waals surface area contributed by atoms with Gasteiger partial charge in [0.25, 0.3) is 5.56 Å². The molecule has 2 aliphatic rings. The van der Waals surface area contributed by atoms with Gasteiger partial charge in [0, 0.05) is 6.61 Å². The summed E-state index contributed by atoms with van der Waals surface area (Å²) in [4.78, 5) is 19.8. The van der Waals surface area contributed by atoms with E-state index in [0.717, 1.165) is 62.3 Å². The van der Waals surface area contributed by atoms with Crippen molar-refractivity contribution in [3.05, 3.63) is 68.7 Å². The number of piperidine rings is 1. The Labute approximate surface area is 193 Å². The molecule has 0 unspecified atom stereocenters. The van der Waals surface area contributed by atoms with E-state index in [1.165, 1.54) is 11.1 Å². The Hall–Kier alpha value is -2.21. The summed E-state index contributed by atoms with van der Waals surface area (Å²) in [6.45, 7) is 7.80. The fraction of sp³-hybridized carbons (Fsp3) is 0.462. The number of halogens is 1. The first kappa shape index (κ1) is 21.6. The van der Waals surface area contributed by atoms with Crippen LogP contribution in [0.5, 0.6) is 0 Å². The molecule has 0 amide bonds. The molecule has 0 radical (unpaired) electrons. The summed E-state index contributed by atoms with van der Waals surface area (Å²) in [5, 5.41) is 10.2. The molecule has 168 valence electrons. The summed E-state index contributed by atoms with van der Waals surface area (Å²) in [5.74, 6) is 1.28. The van der Waals surface area contributed by atoms with Crippen LogP contribution in [0.1, 0.15) is 62.4 Å². The molecule has 1 saturated heterocycles. The zero-order valence-corrected chi connectivity index (χ0v) is 19.5. The van der Waals surface area contributed by atoms with Crippen LogP contribution in [0, 0.1) is 0 Å². The smallest absolute Gasteiger partial charge is 0.280 e. The van der Waals surface area contributed by atoms with Crippen molar-refractivity contribution in [1.82, 2.24) is 14.5 Å². The third kappa shape index (κ3) is 3.47. The molecule has 0 saturated carbocycles. The molecule has 0 bridgehead atoms. The van der Waals surface area contributed by atoms with Gasteiger partial charge in [0.05, 0.1) is 27.0 Å². The van der Waals surface area contributed by atoms with Crippen LogP contribution in [0.3, 0.4) is 0 Å². The van der Waals surface area contributed by atoms with Crippen molar-refractivity contribution in [2.75, 3.05) is 26.2 Å². The molecule has 0 spiro atoms.